The molecule has 1 aromatic heterocycles. The highest BCUT2D eigenvalue weighted by molar-refractivity contribution is 5.47. The van der Waals surface area contributed by atoms with Gasteiger partial charge in [0.05, 0.1) is 0 Å². The minimum atomic E-state index is -4.55. The second kappa shape index (κ2) is 7.31. The highest BCUT2D eigenvalue weighted by atomic mass is 19.4. The van der Waals surface area contributed by atoms with Crippen LogP contribution in [-0.2, 0) is 6.18 Å². The van der Waals surface area contributed by atoms with Gasteiger partial charge in [-0.05, 0) is 13.3 Å². The first-order chi connectivity index (χ1) is 9.36. The first-order valence-electron chi connectivity index (χ1n) is 6.77. The van der Waals surface area contributed by atoms with Crippen LogP contribution in [0.25, 0.3) is 0 Å². The summed E-state index contributed by atoms with van der Waals surface area (Å²) in [5.41, 5.74) is 0. The van der Waals surface area contributed by atoms with E-state index in [0.29, 0.717) is 0 Å². The topological polar surface area (TPSA) is 49.8 Å². The van der Waals surface area contributed by atoms with Gasteiger partial charge in [0.25, 0.3) is 0 Å². The molecule has 0 saturated heterocycles. The normalized spacial score (nSPS) is 13.1. The van der Waals surface area contributed by atoms with Crippen molar-refractivity contribution < 1.29 is 13.2 Å². The van der Waals surface area contributed by atoms with Crippen molar-refractivity contribution in [3.8, 4) is 0 Å². The molecule has 1 rings (SSSR count). The molecule has 20 heavy (non-hydrogen) atoms. The van der Waals surface area contributed by atoms with E-state index in [9.17, 15) is 13.2 Å². The molecule has 0 spiro atoms. The van der Waals surface area contributed by atoms with Gasteiger partial charge in [-0.25, -0.2) is 9.97 Å². The number of hydrogen-bond donors (Lipinski definition) is 2. The third-order valence-electron chi connectivity index (χ3n) is 2.87. The molecular weight excluding hydrogens is 269 g/mol. The molecular formula is C13H21F3N4. The molecule has 1 unspecified atom stereocenters. The van der Waals surface area contributed by atoms with E-state index in [4.69, 9.17) is 0 Å². The van der Waals surface area contributed by atoms with Crippen molar-refractivity contribution in [1.82, 2.24) is 9.97 Å². The molecule has 1 heterocycles. The smallest absolute Gasteiger partial charge is 0.373 e. The number of unbranched alkanes of at least 4 members (excludes halogenated alkanes) is 2. The van der Waals surface area contributed by atoms with Crippen LogP contribution in [0.2, 0.25) is 0 Å². The molecule has 1 aromatic rings. The molecule has 4 nitrogen and oxygen atoms in total. The van der Waals surface area contributed by atoms with Crippen LogP contribution in [0.4, 0.5) is 24.8 Å². The summed E-state index contributed by atoms with van der Waals surface area (Å²) in [5.74, 6) is -0.788. The van der Waals surface area contributed by atoms with E-state index >= 15 is 0 Å². The SMILES string of the molecule is CCCCCC(C)Nc1cc(NC)nc(C(F)(F)F)n1. The van der Waals surface area contributed by atoms with Crippen LogP contribution in [0, 0.1) is 0 Å². The van der Waals surface area contributed by atoms with Crippen LogP contribution < -0.4 is 10.6 Å². The van der Waals surface area contributed by atoms with Crippen molar-refractivity contribution in [2.24, 2.45) is 0 Å². The summed E-state index contributed by atoms with van der Waals surface area (Å²) in [6.07, 6.45) is -0.378. The number of anilines is 2. The highest BCUT2D eigenvalue weighted by Crippen LogP contribution is 2.28. The van der Waals surface area contributed by atoms with Crippen LogP contribution in [0.15, 0.2) is 6.07 Å². The molecule has 114 valence electrons. The third-order valence-corrected chi connectivity index (χ3v) is 2.87. The van der Waals surface area contributed by atoms with Crippen molar-refractivity contribution in [3.05, 3.63) is 11.9 Å². The Balaban J connectivity index is 2.78. The lowest BCUT2D eigenvalue weighted by Gasteiger charge is -2.16. The summed E-state index contributed by atoms with van der Waals surface area (Å²) in [6.45, 7) is 4.04. The van der Waals surface area contributed by atoms with Gasteiger partial charge in [-0.2, -0.15) is 13.2 Å². The molecule has 2 N–H and O–H groups in total. The van der Waals surface area contributed by atoms with E-state index in [-0.39, 0.29) is 17.7 Å². The summed E-state index contributed by atoms with van der Waals surface area (Å²) in [4.78, 5) is 6.95. The maximum absolute atomic E-state index is 12.7. The number of alkyl halides is 3. The van der Waals surface area contributed by atoms with Gasteiger partial charge < -0.3 is 10.6 Å². The lowest BCUT2D eigenvalue weighted by atomic mass is 10.1. The molecule has 7 heteroatoms. The lowest BCUT2D eigenvalue weighted by molar-refractivity contribution is -0.144. The number of nitrogens with one attached hydrogen (secondary N) is 2. The summed E-state index contributed by atoms with van der Waals surface area (Å²) < 4.78 is 38.1. The second-order valence-corrected chi connectivity index (χ2v) is 4.75. The monoisotopic (exact) mass is 290 g/mol. The van der Waals surface area contributed by atoms with Gasteiger partial charge in [0.2, 0.25) is 5.82 Å². The van der Waals surface area contributed by atoms with Gasteiger partial charge in [-0.1, -0.05) is 26.2 Å². The highest BCUT2D eigenvalue weighted by Gasteiger charge is 2.35. The minimum Gasteiger partial charge on any atom is -0.373 e. The van der Waals surface area contributed by atoms with Crippen LogP contribution in [0.1, 0.15) is 45.4 Å². The molecule has 0 amide bonds. The van der Waals surface area contributed by atoms with Crippen LogP contribution in [-0.4, -0.2) is 23.1 Å². The number of rotatable bonds is 7. The predicted molar refractivity (Wildman–Crippen MR) is 73.8 cm³/mol. The fraction of sp³-hybridized carbons (Fsp3) is 0.692. The summed E-state index contributed by atoms with van der Waals surface area (Å²) in [5, 5.41) is 5.61. The summed E-state index contributed by atoms with van der Waals surface area (Å²) in [7, 11) is 1.52. The van der Waals surface area contributed by atoms with Crippen LogP contribution in [0.3, 0.4) is 0 Å². The quantitative estimate of drug-likeness (QED) is 0.747. The van der Waals surface area contributed by atoms with E-state index in [1.807, 2.05) is 6.92 Å². The maximum atomic E-state index is 12.7. The largest absolute Gasteiger partial charge is 0.451 e. The van der Waals surface area contributed by atoms with E-state index in [2.05, 4.69) is 27.5 Å². The fourth-order valence-electron chi connectivity index (χ4n) is 1.80. The predicted octanol–water partition coefficient (Wildman–Crippen LogP) is 3.92. The standard InChI is InChI=1S/C13H21F3N4/c1-4-5-6-7-9(2)18-11-8-10(17-3)19-12(20-11)13(14,15)16/h8-9H,4-7H2,1-3H3,(H2,17,18,19,20). The molecule has 0 radical (unpaired) electrons. The Labute approximate surface area is 117 Å². The van der Waals surface area contributed by atoms with Gasteiger partial charge in [-0.3, -0.25) is 0 Å². The van der Waals surface area contributed by atoms with Gasteiger partial charge in [0, 0.05) is 19.2 Å². The zero-order valence-corrected chi connectivity index (χ0v) is 12.0. The fourth-order valence-corrected chi connectivity index (χ4v) is 1.80. The number of hydrogen-bond acceptors (Lipinski definition) is 4. The molecule has 0 fully saturated rings. The Bertz CT molecular complexity index is 421. The summed E-state index contributed by atoms with van der Waals surface area (Å²) >= 11 is 0. The molecule has 0 bridgehead atoms. The van der Waals surface area contributed by atoms with Crippen LogP contribution >= 0.6 is 0 Å². The van der Waals surface area contributed by atoms with Gasteiger partial charge in [0.15, 0.2) is 0 Å². The van der Waals surface area contributed by atoms with E-state index in [1.54, 1.807) is 0 Å². The van der Waals surface area contributed by atoms with E-state index < -0.39 is 12.0 Å². The average Bonchev–Trinajstić information content (AvgIpc) is 2.37. The number of aromatic nitrogens is 2. The van der Waals surface area contributed by atoms with E-state index in [1.165, 1.54) is 13.1 Å². The van der Waals surface area contributed by atoms with Crippen LogP contribution in [0.5, 0.6) is 0 Å². The first kappa shape index (κ1) is 16.5. The van der Waals surface area contributed by atoms with Gasteiger partial charge in [0.1, 0.15) is 11.6 Å². The molecule has 1 atom stereocenters. The Morgan fingerprint density at radius 2 is 1.85 bits per heavy atom. The van der Waals surface area contributed by atoms with E-state index in [0.717, 1.165) is 25.7 Å². The minimum absolute atomic E-state index is 0.0715. The maximum Gasteiger partial charge on any atom is 0.451 e. The molecule has 0 aliphatic carbocycles. The third kappa shape index (κ3) is 5.22. The van der Waals surface area contributed by atoms with Crippen molar-refractivity contribution >= 4 is 11.6 Å². The van der Waals surface area contributed by atoms with Crippen molar-refractivity contribution in [3.63, 3.8) is 0 Å². The second-order valence-electron chi connectivity index (χ2n) is 4.75. The van der Waals surface area contributed by atoms with Gasteiger partial charge >= 0.3 is 6.18 Å². The van der Waals surface area contributed by atoms with Crippen molar-refractivity contribution in [1.29, 1.82) is 0 Å². The average molecular weight is 290 g/mol. The Morgan fingerprint density at radius 3 is 2.40 bits per heavy atom. The first-order valence-corrected chi connectivity index (χ1v) is 6.77. The number of halogens is 3. The molecule has 0 aliphatic rings. The van der Waals surface area contributed by atoms with Crippen molar-refractivity contribution in [2.45, 2.75) is 51.7 Å². The Morgan fingerprint density at radius 1 is 1.20 bits per heavy atom. The molecule has 0 aromatic carbocycles. The molecule has 0 saturated carbocycles. The lowest BCUT2D eigenvalue weighted by Crippen LogP contribution is -2.19. The summed E-state index contributed by atoms with van der Waals surface area (Å²) in [6, 6.07) is 1.55. The van der Waals surface area contributed by atoms with Gasteiger partial charge in [-0.15, -0.1) is 0 Å². The zero-order chi connectivity index (χ0) is 15.2. The Kier molecular flexibility index (Phi) is 6.04. The molecule has 0 aliphatic heterocycles. The zero-order valence-electron chi connectivity index (χ0n) is 12.0. The van der Waals surface area contributed by atoms with Crippen molar-refractivity contribution in [2.75, 3.05) is 17.7 Å². The Hall–Kier alpha value is -1.53. The number of nitrogens with zero attached hydrogens (tertiary/aromatic N) is 2.